The molecule has 0 amide bonds. The minimum Gasteiger partial charge on any atom is -0.490 e. The summed E-state index contributed by atoms with van der Waals surface area (Å²) in [6, 6.07) is 3.69. The SMILES string of the molecule is CCCOc1cccnc1-n1ccnc1C(N)=S. The van der Waals surface area contributed by atoms with Crippen molar-refractivity contribution in [2.75, 3.05) is 6.61 Å². The van der Waals surface area contributed by atoms with E-state index in [9.17, 15) is 0 Å². The molecule has 6 heteroatoms. The van der Waals surface area contributed by atoms with Gasteiger partial charge in [0.25, 0.3) is 0 Å². The summed E-state index contributed by atoms with van der Waals surface area (Å²) in [6.45, 7) is 2.68. The summed E-state index contributed by atoms with van der Waals surface area (Å²) < 4.78 is 7.38. The smallest absolute Gasteiger partial charge is 0.181 e. The van der Waals surface area contributed by atoms with Gasteiger partial charge in [0.05, 0.1) is 6.61 Å². The van der Waals surface area contributed by atoms with Gasteiger partial charge in [-0.1, -0.05) is 19.1 Å². The predicted molar refractivity (Wildman–Crippen MR) is 73.0 cm³/mol. The molecule has 0 spiro atoms. The summed E-state index contributed by atoms with van der Waals surface area (Å²) in [7, 11) is 0. The second-order valence-corrected chi connectivity index (χ2v) is 4.10. The van der Waals surface area contributed by atoms with Crippen molar-refractivity contribution in [2.24, 2.45) is 5.73 Å². The van der Waals surface area contributed by atoms with Crippen LogP contribution in [0.5, 0.6) is 5.75 Å². The van der Waals surface area contributed by atoms with Crippen LogP contribution in [-0.2, 0) is 0 Å². The number of pyridine rings is 1. The molecule has 2 aromatic heterocycles. The average Bonchev–Trinajstić information content (AvgIpc) is 2.86. The molecule has 0 aromatic carbocycles. The van der Waals surface area contributed by atoms with Gasteiger partial charge in [-0.2, -0.15) is 0 Å². The van der Waals surface area contributed by atoms with Crippen molar-refractivity contribution >= 4 is 17.2 Å². The summed E-state index contributed by atoms with van der Waals surface area (Å²) >= 11 is 4.96. The summed E-state index contributed by atoms with van der Waals surface area (Å²) in [5, 5.41) is 0. The molecule has 2 heterocycles. The molecule has 0 saturated heterocycles. The van der Waals surface area contributed by atoms with E-state index in [2.05, 4.69) is 9.97 Å². The third-order valence-electron chi connectivity index (χ3n) is 2.30. The molecule has 0 fully saturated rings. The number of aromatic nitrogens is 3. The van der Waals surface area contributed by atoms with E-state index in [1.807, 2.05) is 19.1 Å². The Bertz CT molecular complexity index is 553. The Hall–Kier alpha value is -1.95. The lowest BCUT2D eigenvalue weighted by Gasteiger charge is -2.11. The Kier molecular flexibility index (Phi) is 3.88. The normalized spacial score (nSPS) is 10.3. The Balaban J connectivity index is 2.43. The van der Waals surface area contributed by atoms with Crippen molar-refractivity contribution < 1.29 is 4.74 Å². The van der Waals surface area contributed by atoms with Gasteiger partial charge in [0.15, 0.2) is 17.4 Å². The maximum Gasteiger partial charge on any atom is 0.181 e. The fourth-order valence-corrected chi connectivity index (χ4v) is 1.70. The number of nitrogens with zero attached hydrogens (tertiary/aromatic N) is 3. The first kappa shape index (κ1) is 12.5. The van der Waals surface area contributed by atoms with Crippen LogP contribution in [0.25, 0.3) is 5.82 Å². The first-order chi connectivity index (χ1) is 8.74. The van der Waals surface area contributed by atoms with Crippen LogP contribution < -0.4 is 10.5 Å². The number of imidazole rings is 1. The van der Waals surface area contributed by atoms with Gasteiger partial charge < -0.3 is 10.5 Å². The molecule has 0 aliphatic heterocycles. The zero-order valence-corrected chi connectivity index (χ0v) is 10.9. The minimum absolute atomic E-state index is 0.229. The van der Waals surface area contributed by atoms with Crippen LogP contribution in [0.4, 0.5) is 0 Å². The molecule has 2 rings (SSSR count). The Morgan fingerprint density at radius 2 is 2.28 bits per heavy atom. The number of hydrogen-bond donors (Lipinski definition) is 1. The summed E-state index contributed by atoms with van der Waals surface area (Å²) in [6.07, 6.45) is 6.01. The van der Waals surface area contributed by atoms with E-state index in [1.54, 1.807) is 23.2 Å². The molecule has 0 radical (unpaired) electrons. The number of nitrogens with two attached hydrogens (primary N) is 1. The van der Waals surface area contributed by atoms with Crippen LogP contribution in [0, 0.1) is 0 Å². The number of thiocarbonyl (C=S) groups is 1. The fraction of sp³-hybridized carbons (Fsp3) is 0.250. The highest BCUT2D eigenvalue weighted by molar-refractivity contribution is 7.80. The van der Waals surface area contributed by atoms with Crippen LogP contribution in [-0.4, -0.2) is 26.1 Å². The van der Waals surface area contributed by atoms with Crippen LogP contribution in [0.1, 0.15) is 19.2 Å². The summed E-state index contributed by atoms with van der Waals surface area (Å²) in [5.74, 6) is 1.84. The molecule has 0 bridgehead atoms. The van der Waals surface area contributed by atoms with Gasteiger partial charge in [-0.15, -0.1) is 0 Å². The topological polar surface area (TPSA) is 66.0 Å². The third-order valence-corrected chi connectivity index (χ3v) is 2.48. The minimum atomic E-state index is 0.229. The first-order valence-corrected chi connectivity index (χ1v) is 6.06. The second-order valence-electron chi connectivity index (χ2n) is 3.66. The highest BCUT2D eigenvalue weighted by Crippen LogP contribution is 2.21. The van der Waals surface area contributed by atoms with Crippen molar-refractivity contribution in [3.63, 3.8) is 0 Å². The van der Waals surface area contributed by atoms with E-state index < -0.39 is 0 Å². The van der Waals surface area contributed by atoms with E-state index >= 15 is 0 Å². The third kappa shape index (κ3) is 2.48. The van der Waals surface area contributed by atoms with Crippen molar-refractivity contribution in [1.82, 2.24) is 14.5 Å². The van der Waals surface area contributed by atoms with Gasteiger partial charge >= 0.3 is 0 Å². The second kappa shape index (κ2) is 5.59. The zero-order chi connectivity index (χ0) is 13.0. The lowest BCUT2D eigenvalue weighted by atomic mass is 10.4. The van der Waals surface area contributed by atoms with Gasteiger partial charge in [0, 0.05) is 18.6 Å². The highest BCUT2D eigenvalue weighted by Gasteiger charge is 2.12. The van der Waals surface area contributed by atoms with Crippen molar-refractivity contribution in [1.29, 1.82) is 0 Å². The van der Waals surface area contributed by atoms with Crippen LogP contribution in [0.15, 0.2) is 30.7 Å². The largest absolute Gasteiger partial charge is 0.490 e. The zero-order valence-electron chi connectivity index (χ0n) is 10.0. The molecule has 18 heavy (non-hydrogen) atoms. The molecule has 2 N–H and O–H groups in total. The summed E-state index contributed by atoms with van der Waals surface area (Å²) in [5.41, 5.74) is 5.63. The maximum atomic E-state index is 5.65. The fourth-order valence-electron chi connectivity index (χ4n) is 1.54. The van der Waals surface area contributed by atoms with Gasteiger partial charge in [0.1, 0.15) is 4.99 Å². The standard InChI is InChI=1S/C12H14N4OS/c1-2-8-17-9-4-3-5-14-11(9)16-7-6-15-12(16)10(13)18/h3-7H,2,8H2,1H3,(H2,13,18). The molecule has 0 aliphatic carbocycles. The van der Waals surface area contributed by atoms with Crippen molar-refractivity contribution in [3.05, 3.63) is 36.5 Å². The van der Waals surface area contributed by atoms with Crippen LogP contribution in [0.2, 0.25) is 0 Å². The Morgan fingerprint density at radius 3 is 3.00 bits per heavy atom. The molecule has 94 valence electrons. The molecule has 0 aliphatic rings. The van der Waals surface area contributed by atoms with Gasteiger partial charge in [-0.05, 0) is 18.6 Å². The van der Waals surface area contributed by atoms with Crippen LogP contribution in [0.3, 0.4) is 0 Å². The van der Waals surface area contributed by atoms with E-state index in [0.717, 1.165) is 6.42 Å². The molecule has 0 saturated carbocycles. The lowest BCUT2D eigenvalue weighted by molar-refractivity contribution is 0.315. The van der Waals surface area contributed by atoms with E-state index in [4.69, 9.17) is 22.7 Å². The molecule has 2 aromatic rings. The molecule has 0 unspecified atom stereocenters. The van der Waals surface area contributed by atoms with E-state index in [1.165, 1.54) is 0 Å². The summed E-state index contributed by atoms with van der Waals surface area (Å²) in [4.78, 5) is 8.64. The lowest BCUT2D eigenvalue weighted by Crippen LogP contribution is -2.17. The van der Waals surface area contributed by atoms with Gasteiger partial charge in [0.2, 0.25) is 0 Å². The van der Waals surface area contributed by atoms with Gasteiger partial charge in [-0.25, -0.2) is 9.97 Å². The van der Waals surface area contributed by atoms with Crippen molar-refractivity contribution in [2.45, 2.75) is 13.3 Å². The first-order valence-electron chi connectivity index (χ1n) is 5.65. The Morgan fingerprint density at radius 1 is 1.44 bits per heavy atom. The molecular weight excluding hydrogens is 248 g/mol. The number of rotatable bonds is 5. The maximum absolute atomic E-state index is 5.65. The number of ether oxygens (including phenoxy) is 1. The predicted octanol–water partition coefficient (Wildman–Crippen LogP) is 1.69. The Labute approximate surface area is 111 Å². The quantitative estimate of drug-likeness (QED) is 0.831. The van der Waals surface area contributed by atoms with Crippen molar-refractivity contribution in [3.8, 4) is 11.6 Å². The van der Waals surface area contributed by atoms with Crippen LogP contribution >= 0.6 is 12.2 Å². The average molecular weight is 262 g/mol. The van der Waals surface area contributed by atoms with E-state index in [0.29, 0.717) is 24.0 Å². The number of hydrogen-bond acceptors (Lipinski definition) is 4. The molecule has 5 nitrogen and oxygen atoms in total. The van der Waals surface area contributed by atoms with Gasteiger partial charge in [-0.3, -0.25) is 4.57 Å². The van der Waals surface area contributed by atoms with E-state index in [-0.39, 0.29) is 4.99 Å². The monoisotopic (exact) mass is 262 g/mol. The highest BCUT2D eigenvalue weighted by atomic mass is 32.1. The molecule has 0 atom stereocenters. The molecular formula is C12H14N4OS.